The van der Waals surface area contributed by atoms with Gasteiger partial charge in [-0.1, -0.05) is 54.6 Å². The third kappa shape index (κ3) is 4.12. The lowest BCUT2D eigenvalue weighted by atomic mass is 10.3. The van der Waals surface area contributed by atoms with Crippen molar-refractivity contribution in [1.29, 1.82) is 0 Å². The second kappa shape index (κ2) is 9.25. The molecular weight excluding hydrogens is 355 g/mol. The first-order valence-electron chi connectivity index (χ1n) is 9.18. The van der Waals surface area contributed by atoms with Crippen molar-refractivity contribution in [2.45, 2.75) is 12.7 Å². The highest BCUT2D eigenvalue weighted by atomic mass is 31.2. The molecule has 0 spiro atoms. The molecule has 0 radical (unpaired) electrons. The minimum absolute atomic E-state index is 0. The lowest BCUT2D eigenvalue weighted by Gasteiger charge is -2.28. The van der Waals surface area contributed by atoms with Crippen molar-refractivity contribution in [3.63, 3.8) is 0 Å². The lowest BCUT2D eigenvalue weighted by molar-refractivity contribution is -0.0423. The van der Waals surface area contributed by atoms with Gasteiger partial charge in [0.05, 0.1) is 19.4 Å². The van der Waals surface area contributed by atoms with Crippen molar-refractivity contribution in [2.75, 3.05) is 19.4 Å². The highest BCUT2D eigenvalue weighted by molar-refractivity contribution is 7.95. The monoisotopic (exact) mass is 380 g/mol. The topological polar surface area (TPSA) is 48.5 Å². The average molecular weight is 380 g/mol. The van der Waals surface area contributed by atoms with Crippen molar-refractivity contribution in [3.8, 4) is 0 Å². The van der Waals surface area contributed by atoms with Crippen LogP contribution in [0.4, 0.5) is 0 Å². The van der Waals surface area contributed by atoms with E-state index in [-0.39, 0.29) is 11.8 Å². The van der Waals surface area contributed by atoms with Gasteiger partial charge in [-0.2, -0.15) is 0 Å². The van der Waals surface area contributed by atoms with Crippen LogP contribution in [0.2, 0.25) is 0 Å². The van der Waals surface area contributed by atoms with Crippen LogP contribution < -0.4 is 15.9 Å². The zero-order chi connectivity index (χ0) is 17.7. The van der Waals surface area contributed by atoms with Gasteiger partial charge in [-0.25, -0.2) is 0 Å². The molecule has 1 fully saturated rings. The Morgan fingerprint density at radius 2 is 1.00 bits per heavy atom. The Bertz CT molecular complexity index is 706. The van der Waals surface area contributed by atoms with Gasteiger partial charge in [-0.15, -0.1) is 0 Å². The summed E-state index contributed by atoms with van der Waals surface area (Å²) in [5.74, 6) is 0. The Hall–Kier alpha value is -2.03. The predicted molar refractivity (Wildman–Crippen MR) is 112 cm³/mol. The van der Waals surface area contributed by atoms with Gasteiger partial charge in [0.15, 0.2) is 6.29 Å². The molecule has 3 nitrogen and oxygen atoms in total. The van der Waals surface area contributed by atoms with Crippen molar-refractivity contribution in [2.24, 2.45) is 0 Å². The minimum Gasteiger partial charge on any atom is -0.870 e. The molecule has 0 atom stereocenters. The molecule has 0 aliphatic carbocycles. The Kier molecular flexibility index (Phi) is 6.76. The Labute approximate surface area is 161 Å². The molecule has 140 valence electrons. The van der Waals surface area contributed by atoms with Crippen LogP contribution >= 0.6 is 7.26 Å². The quantitative estimate of drug-likeness (QED) is 0.615. The largest absolute Gasteiger partial charge is 0.870 e. The zero-order valence-corrected chi connectivity index (χ0v) is 16.2. The van der Waals surface area contributed by atoms with Gasteiger partial charge in [0, 0.05) is 6.42 Å². The molecule has 0 aromatic heterocycles. The fourth-order valence-corrected chi connectivity index (χ4v) is 8.07. The van der Waals surface area contributed by atoms with Gasteiger partial charge in [-0.05, 0) is 36.4 Å². The van der Waals surface area contributed by atoms with Crippen molar-refractivity contribution >= 4 is 23.2 Å². The van der Waals surface area contributed by atoms with Gasteiger partial charge in [0.25, 0.3) is 0 Å². The van der Waals surface area contributed by atoms with E-state index in [0.29, 0.717) is 13.2 Å². The van der Waals surface area contributed by atoms with E-state index in [2.05, 4.69) is 91.0 Å². The fraction of sp³-hybridized carbons (Fsp3) is 0.217. The van der Waals surface area contributed by atoms with E-state index in [1.165, 1.54) is 15.9 Å². The second-order valence-electron chi connectivity index (χ2n) is 6.50. The summed E-state index contributed by atoms with van der Waals surface area (Å²) in [6, 6.07) is 32.9. The molecule has 4 rings (SSSR count). The Balaban J connectivity index is 0.00000210. The standard InChI is InChI=1S/C23H24O2P.H2O/c1-4-10-20(11-5-1)26(21-12-6-2-7-13-21,22-14-8-3-9-15-22)19-16-23-24-17-18-25-23;/h1-15,23H,16-19H2;1H2/q+1;/p-1. The fourth-order valence-electron chi connectivity index (χ4n) is 3.75. The third-order valence-corrected chi connectivity index (χ3v) is 9.45. The van der Waals surface area contributed by atoms with Crippen LogP contribution in [0.3, 0.4) is 0 Å². The molecule has 1 heterocycles. The normalized spacial score (nSPS) is 14.7. The average Bonchev–Trinajstić information content (AvgIpc) is 3.25. The molecule has 3 aromatic rings. The maximum absolute atomic E-state index is 5.75. The molecule has 0 saturated carbocycles. The van der Waals surface area contributed by atoms with Gasteiger partial charge >= 0.3 is 0 Å². The van der Waals surface area contributed by atoms with Gasteiger partial charge < -0.3 is 14.9 Å². The van der Waals surface area contributed by atoms with Crippen LogP contribution in [0.15, 0.2) is 91.0 Å². The summed E-state index contributed by atoms with van der Waals surface area (Å²) in [6.07, 6.45) is 1.87. The van der Waals surface area contributed by atoms with Crippen LogP contribution in [0.25, 0.3) is 0 Å². The Morgan fingerprint density at radius 3 is 1.37 bits per heavy atom. The number of benzene rings is 3. The number of hydrogen-bond acceptors (Lipinski definition) is 3. The smallest absolute Gasteiger partial charge is 0.161 e. The molecule has 1 aliphatic rings. The van der Waals surface area contributed by atoms with Crippen LogP contribution in [-0.2, 0) is 9.47 Å². The van der Waals surface area contributed by atoms with Gasteiger partial charge in [-0.3, -0.25) is 0 Å². The highest BCUT2D eigenvalue weighted by Gasteiger charge is 2.45. The van der Waals surface area contributed by atoms with E-state index in [1.54, 1.807) is 0 Å². The summed E-state index contributed by atoms with van der Waals surface area (Å²) in [5, 5.41) is 4.24. The van der Waals surface area contributed by atoms with Crippen LogP contribution in [0.1, 0.15) is 6.42 Å². The lowest BCUT2D eigenvalue weighted by Crippen LogP contribution is -2.34. The van der Waals surface area contributed by atoms with Gasteiger partial charge in [0.2, 0.25) is 0 Å². The molecular formula is C23H25O3P. The molecule has 0 amide bonds. The number of ether oxygens (including phenoxy) is 2. The summed E-state index contributed by atoms with van der Waals surface area (Å²) in [4.78, 5) is 0. The Morgan fingerprint density at radius 1 is 0.630 bits per heavy atom. The summed E-state index contributed by atoms with van der Waals surface area (Å²) in [5.41, 5.74) is 0. The van der Waals surface area contributed by atoms with E-state index in [9.17, 15) is 0 Å². The second-order valence-corrected chi connectivity index (χ2v) is 10.1. The number of hydrogen-bond donors (Lipinski definition) is 0. The van der Waals surface area contributed by atoms with Crippen LogP contribution in [-0.4, -0.2) is 31.1 Å². The number of rotatable bonds is 6. The molecule has 1 N–H and O–H groups in total. The molecule has 3 aromatic carbocycles. The van der Waals surface area contributed by atoms with Gasteiger partial charge in [0.1, 0.15) is 23.2 Å². The van der Waals surface area contributed by atoms with Crippen LogP contribution in [0.5, 0.6) is 0 Å². The molecule has 0 bridgehead atoms. The SMILES string of the molecule is [OH-].c1ccc([P+](CCC2OCCO2)(c2ccccc2)c2ccccc2)cc1. The third-order valence-electron chi connectivity index (χ3n) is 4.98. The first kappa shape index (κ1) is 19.7. The van der Waals surface area contributed by atoms with Crippen molar-refractivity contribution in [3.05, 3.63) is 91.0 Å². The first-order valence-corrected chi connectivity index (χ1v) is 11.2. The summed E-state index contributed by atoms with van der Waals surface area (Å²) >= 11 is 0. The molecule has 0 unspecified atom stereocenters. The highest BCUT2D eigenvalue weighted by Crippen LogP contribution is 2.56. The van der Waals surface area contributed by atoms with E-state index in [1.807, 2.05) is 0 Å². The summed E-state index contributed by atoms with van der Waals surface area (Å²) in [7, 11) is -1.77. The van der Waals surface area contributed by atoms with E-state index in [0.717, 1.165) is 12.6 Å². The van der Waals surface area contributed by atoms with E-state index < -0.39 is 7.26 Å². The molecule has 4 heteroatoms. The van der Waals surface area contributed by atoms with E-state index in [4.69, 9.17) is 9.47 Å². The first-order chi connectivity index (χ1) is 12.9. The van der Waals surface area contributed by atoms with E-state index >= 15 is 0 Å². The molecule has 1 aliphatic heterocycles. The molecule has 1 saturated heterocycles. The maximum atomic E-state index is 5.75. The predicted octanol–water partition coefficient (Wildman–Crippen LogP) is 3.57. The minimum atomic E-state index is -1.77. The zero-order valence-electron chi connectivity index (χ0n) is 15.3. The van der Waals surface area contributed by atoms with Crippen molar-refractivity contribution < 1.29 is 14.9 Å². The molecule has 27 heavy (non-hydrogen) atoms. The van der Waals surface area contributed by atoms with Crippen LogP contribution in [0, 0.1) is 0 Å². The van der Waals surface area contributed by atoms with Crippen molar-refractivity contribution in [1.82, 2.24) is 0 Å². The summed E-state index contributed by atoms with van der Waals surface area (Å²) in [6.45, 7) is 1.41. The maximum Gasteiger partial charge on any atom is 0.161 e. The summed E-state index contributed by atoms with van der Waals surface area (Å²) < 4.78 is 11.5.